The lowest BCUT2D eigenvalue weighted by Gasteiger charge is -2.51. The summed E-state index contributed by atoms with van der Waals surface area (Å²) in [4.78, 5) is 3.82. The minimum atomic E-state index is -4.54. The minimum Gasteiger partial charge on any atom is -0.626 e. The number of quaternary nitrogens is 1. The summed E-state index contributed by atoms with van der Waals surface area (Å²) in [5.74, 6) is 0.101. The molecule has 174 valence electrons. The molecule has 2 aromatic rings. The summed E-state index contributed by atoms with van der Waals surface area (Å²) in [6.07, 6.45) is -7.12. The monoisotopic (exact) mass is 462 g/mol. The van der Waals surface area contributed by atoms with Gasteiger partial charge in [-0.2, -0.15) is 26.3 Å². The molecule has 3 heterocycles. The zero-order valence-electron chi connectivity index (χ0n) is 16.9. The molecular weight excluding hydrogens is 442 g/mol. The van der Waals surface area contributed by atoms with Crippen molar-refractivity contribution in [2.75, 3.05) is 7.11 Å². The van der Waals surface area contributed by atoms with E-state index in [4.69, 9.17) is 9.47 Å². The van der Waals surface area contributed by atoms with Crippen molar-refractivity contribution in [3.63, 3.8) is 0 Å². The first-order valence-corrected chi connectivity index (χ1v) is 9.98. The molecule has 0 aliphatic carbocycles. The predicted octanol–water partition coefficient (Wildman–Crippen LogP) is 5.71. The van der Waals surface area contributed by atoms with E-state index in [9.17, 15) is 31.5 Å². The number of pyridine rings is 1. The van der Waals surface area contributed by atoms with Gasteiger partial charge in [-0.25, -0.2) is 4.98 Å². The van der Waals surface area contributed by atoms with Crippen molar-refractivity contribution in [3.8, 4) is 11.5 Å². The van der Waals surface area contributed by atoms with Gasteiger partial charge in [-0.15, -0.1) is 0 Å². The normalized spacial score (nSPS) is 27.9. The van der Waals surface area contributed by atoms with Crippen molar-refractivity contribution >= 4 is 5.82 Å². The van der Waals surface area contributed by atoms with Gasteiger partial charge in [0.2, 0.25) is 5.82 Å². The number of benzene rings is 1. The quantitative estimate of drug-likeness (QED) is 0.332. The van der Waals surface area contributed by atoms with Gasteiger partial charge < -0.3 is 19.3 Å². The fourth-order valence-corrected chi connectivity index (χ4v) is 4.67. The van der Waals surface area contributed by atoms with E-state index in [1.807, 2.05) is 0 Å². The third-order valence-electron chi connectivity index (χ3n) is 6.21. The van der Waals surface area contributed by atoms with Crippen LogP contribution in [0.15, 0.2) is 36.5 Å². The van der Waals surface area contributed by atoms with Crippen molar-refractivity contribution in [1.29, 1.82) is 0 Å². The number of alkyl halides is 6. The Balaban J connectivity index is 1.52. The average Bonchev–Trinajstić information content (AvgIpc) is 2.89. The molecule has 0 radical (unpaired) electrons. The maximum atomic E-state index is 13.7. The smallest absolute Gasteiger partial charge is 0.417 e. The molecule has 4 atom stereocenters. The van der Waals surface area contributed by atoms with Crippen LogP contribution in [-0.4, -0.2) is 30.3 Å². The number of halogens is 6. The number of ether oxygens (including phenoxy) is 2. The van der Waals surface area contributed by atoms with E-state index in [1.165, 1.54) is 13.2 Å². The van der Waals surface area contributed by atoms with E-state index in [2.05, 4.69) is 4.98 Å². The van der Waals surface area contributed by atoms with Gasteiger partial charge in [-0.05, 0) is 24.3 Å². The van der Waals surface area contributed by atoms with E-state index in [-0.39, 0.29) is 17.3 Å². The molecule has 0 spiro atoms. The Bertz CT molecular complexity index is 963. The third-order valence-corrected chi connectivity index (χ3v) is 6.21. The average molecular weight is 462 g/mol. The van der Waals surface area contributed by atoms with Crippen molar-refractivity contribution in [2.24, 2.45) is 0 Å². The fourth-order valence-electron chi connectivity index (χ4n) is 4.67. The number of hydroxylamine groups is 2. The summed E-state index contributed by atoms with van der Waals surface area (Å²) in [6.45, 7) is 0. The molecule has 2 aliphatic heterocycles. The van der Waals surface area contributed by atoms with Crippen LogP contribution < -0.4 is 14.1 Å². The standard InChI is InChI=1S/C21H20F6N2O3/c1-31-18-8-12(20(22,23)24)2-6-17(18)32-16-9-14-4-5-15(10-16)29(14,30)19-7-3-13(11-28-19)21(25,26)27/h2-3,6-8,11,14-16H,4-5,9-10H2,1H3/t14-,15+,16+,29?. The summed E-state index contributed by atoms with van der Waals surface area (Å²) >= 11 is 0. The van der Waals surface area contributed by atoms with Crippen LogP contribution in [0.5, 0.6) is 11.5 Å². The first-order chi connectivity index (χ1) is 14.9. The molecule has 32 heavy (non-hydrogen) atoms. The molecular formula is C21H20F6N2O3. The van der Waals surface area contributed by atoms with Crippen molar-refractivity contribution in [1.82, 2.24) is 9.63 Å². The lowest BCUT2D eigenvalue weighted by Crippen LogP contribution is -2.59. The van der Waals surface area contributed by atoms with Crippen LogP contribution in [0.4, 0.5) is 32.2 Å². The second-order valence-electron chi connectivity index (χ2n) is 8.07. The van der Waals surface area contributed by atoms with Crippen LogP contribution in [0.1, 0.15) is 36.8 Å². The second kappa shape index (κ2) is 7.80. The molecule has 5 nitrogen and oxygen atoms in total. The van der Waals surface area contributed by atoms with Gasteiger partial charge in [0.05, 0.1) is 30.3 Å². The highest BCUT2D eigenvalue weighted by Gasteiger charge is 2.52. The van der Waals surface area contributed by atoms with Crippen LogP contribution in [0.25, 0.3) is 0 Å². The van der Waals surface area contributed by atoms with Gasteiger partial charge in [0.25, 0.3) is 0 Å². The molecule has 4 rings (SSSR count). The van der Waals surface area contributed by atoms with Gasteiger partial charge >= 0.3 is 12.4 Å². The fraction of sp³-hybridized carbons (Fsp3) is 0.476. The van der Waals surface area contributed by atoms with Gasteiger partial charge in [-0.3, -0.25) is 0 Å². The zero-order valence-corrected chi connectivity index (χ0v) is 16.9. The Hall–Kier alpha value is -2.53. The Labute approximate surface area is 179 Å². The van der Waals surface area contributed by atoms with Crippen LogP contribution in [0.2, 0.25) is 0 Å². The highest BCUT2D eigenvalue weighted by Crippen LogP contribution is 2.47. The van der Waals surface area contributed by atoms with E-state index in [1.54, 1.807) is 0 Å². The van der Waals surface area contributed by atoms with Crippen molar-refractivity contribution < 1.29 is 35.8 Å². The number of hydrogen-bond donors (Lipinski definition) is 0. The Morgan fingerprint density at radius 1 is 0.906 bits per heavy atom. The first kappa shape index (κ1) is 22.7. The number of piperidine rings is 1. The molecule has 2 bridgehead atoms. The van der Waals surface area contributed by atoms with Crippen LogP contribution in [-0.2, 0) is 12.4 Å². The summed E-state index contributed by atoms with van der Waals surface area (Å²) in [5.41, 5.74) is -1.79. The predicted molar refractivity (Wildman–Crippen MR) is 103 cm³/mol. The largest absolute Gasteiger partial charge is 0.626 e. The van der Waals surface area contributed by atoms with Crippen molar-refractivity contribution in [2.45, 2.75) is 56.2 Å². The number of aromatic nitrogens is 1. The summed E-state index contributed by atoms with van der Waals surface area (Å²) in [6, 6.07) is 3.99. The molecule has 0 saturated carbocycles. The van der Waals surface area contributed by atoms with Crippen LogP contribution in [0.3, 0.4) is 0 Å². The van der Waals surface area contributed by atoms with E-state index < -0.39 is 46.3 Å². The Kier molecular flexibility index (Phi) is 5.52. The number of hydrogen-bond acceptors (Lipinski definition) is 4. The molecule has 1 aromatic carbocycles. The number of fused-ring (bicyclic) bond motifs is 2. The molecule has 0 amide bonds. The summed E-state index contributed by atoms with van der Waals surface area (Å²) in [7, 11) is 1.24. The maximum absolute atomic E-state index is 13.7. The van der Waals surface area contributed by atoms with E-state index >= 15 is 0 Å². The lowest BCUT2D eigenvalue weighted by molar-refractivity contribution is -0.138. The number of rotatable bonds is 4. The number of nitrogens with zero attached hydrogens (tertiary/aromatic N) is 2. The minimum absolute atomic E-state index is 0.0241. The van der Waals surface area contributed by atoms with Crippen molar-refractivity contribution in [3.05, 3.63) is 52.9 Å². The molecule has 2 aliphatic rings. The summed E-state index contributed by atoms with van der Waals surface area (Å²) in [5, 5.41) is 13.7. The van der Waals surface area contributed by atoms with Gasteiger partial charge in [0, 0.05) is 37.9 Å². The zero-order chi connectivity index (χ0) is 23.3. The maximum Gasteiger partial charge on any atom is 0.417 e. The topological polar surface area (TPSA) is 54.4 Å². The summed E-state index contributed by atoms with van der Waals surface area (Å²) < 4.78 is 87.4. The first-order valence-electron chi connectivity index (χ1n) is 9.98. The SMILES string of the molecule is COc1cc(C(F)(F)F)ccc1O[C@H]1C[C@H]2CC[C@@H](C1)[N+]2([O-])c1ccc(C(F)(F)F)cn1. The van der Waals surface area contributed by atoms with Gasteiger partial charge in [0.15, 0.2) is 11.5 Å². The van der Waals surface area contributed by atoms with E-state index in [0.717, 1.165) is 24.3 Å². The molecule has 11 heteroatoms. The highest BCUT2D eigenvalue weighted by atomic mass is 19.4. The molecule has 1 unspecified atom stereocenters. The number of methoxy groups -OCH3 is 1. The second-order valence-corrected chi connectivity index (χ2v) is 8.07. The molecule has 2 saturated heterocycles. The Morgan fingerprint density at radius 2 is 1.50 bits per heavy atom. The highest BCUT2D eigenvalue weighted by molar-refractivity contribution is 5.45. The van der Waals surface area contributed by atoms with Gasteiger partial charge in [0.1, 0.15) is 6.10 Å². The molecule has 2 fully saturated rings. The Morgan fingerprint density at radius 3 is 2.00 bits per heavy atom. The molecule has 1 aromatic heterocycles. The van der Waals surface area contributed by atoms with E-state index in [0.29, 0.717) is 31.9 Å². The van der Waals surface area contributed by atoms with Gasteiger partial charge in [-0.1, -0.05) is 0 Å². The third kappa shape index (κ3) is 3.99. The molecule has 0 N–H and O–H groups in total. The lowest BCUT2D eigenvalue weighted by atomic mass is 9.98. The van der Waals surface area contributed by atoms with Crippen LogP contribution >= 0.6 is 0 Å². The van der Waals surface area contributed by atoms with Crippen LogP contribution in [0, 0.1) is 5.21 Å².